The zero-order valence-electron chi connectivity index (χ0n) is 12.1. The minimum Gasteiger partial charge on any atom is -0.388 e. The minimum absolute atomic E-state index is 0.525. The largest absolute Gasteiger partial charge is 0.388 e. The molecule has 0 unspecified atom stereocenters. The molecule has 2 heteroatoms. The zero-order chi connectivity index (χ0) is 13.6. The van der Waals surface area contributed by atoms with E-state index in [0.717, 1.165) is 13.0 Å². The third-order valence-corrected chi connectivity index (χ3v) is 4.25. The highest BCUT2D eigenvalue weighted by molar-refractivity contribution is 6.09. The number of aliphatic imine (C=N–C) groups is 1. The van der Waals surface area contributed by atoms with E-state index in [-0.39, 0.29) is 0 Å². The summed E-state index contributed by atoms with van der Waals surface area (Å²) in [5.74, 6) is 0. The first-order valence-corrected chi connectivity index (χ1v) is 7.99. The fourth-order valence-electron chi connectivity index (χ4n) is 3.12. The molecule has 1 N–H and O–H groups in total. The van der Waals surface area contributed by atoms with Crippen LogP contribution < -0.4 is 5.32 Å². The molecule has 1 saturated carbocycles. The second kappa shape index (κ2) is 6.74. The van der Waals surface area contributed by atoms with Gasteiger partial charge in [0.1, 0.15) is 0 Å². The maximum atomic E-state index is 5.07. The Hall–Kier alpha value is -1.57. The van der Waals surface area contributed by atoms with Crippen LogP contribution >= 0.6 is 0 Å². The van der Waals surface area contributed by atoms with Gasteiger partial charge in [-0.05, 0) is 37.3 Å². The molecule has 0 aromatic heterocycles. The van der Waals surface area contributed by atoms with E-state index in [0.29, 0.717) is 6.04 Å². The average Bonchev–Trinajstić information content (AvgIpc) is 3.02. The van der Waals surface area contributed by atoms with Crippen molar-refractivity contribution in [1.82, 2.24) is 5.32 Å². The fourth-order valence-corrected chi connectivity index (χ4v) is 3.12. The van der Waals surface area contributed by atoms with E-state index in [1.807, 2.05) is 0 Å². The molecule has 2 fully saturated rings. The number of rotatable bonds is 3. The SMILES string of the molecule is C(/C(=NC1CCCCC1)c1ccccc1)=C1\CCCN1. The second-order valence-corrected chi connectivity index (χ2v) is 5.87. The van der Waals surface area contributed by atoms with Crippen LogP contribution in [0.25, 0.3) is 0 Å². The van der Waals surface area contributed by atoms with E-state index in [9.17, 15) is 0 Å². The van der Waals surface area contributed by atoms with Crippen molar-refractivity contribution in [1.29, 1.82) is 0 Å². The number of hydrogen-bond donors (Lipinski definition) is 1. The van der Waals surface area contributed by atoms with Gasteiger partial charge >= 0.3 is 0 Å². The highest BCUT2D eigenvalue weighted by atomic mass is 14.9. The summed E-state index contributed by atoms with van der Waals surface area (Å²) < 4.78 is 0. The third kappa shape index (κ3) is 3.50. The van der Waals surface area contributed by atoms with Crippen molar-refractivity contribution in [3.8, 4) is 0 Å². The van der Waals surface area contributed by atoms with Crippen LogP contribution in [0.4, 0.5) is 0 Å². The lowest BCUT2D eigenvalue weighted by Gasteiger charge is -2.19. The molecular formula is C18H24N2. The number of nitrogens with zero attached hydrogens (tertiary/aromatic N) is 1. The predicted molar refractivity (Wildman–Crippen MR) is 85.2 cm³/mol. The summed E-state index contributed by atoms with van der Waals surface area (Å²) in [5.41, 5.74) is 3.77. The van der Waals surface area contributed by atoms with Crippen molar-refractivity contribution < 1.29 is 0 Å². The number of allylic oxidation sites excluding steroid dienone is 2. The Bertz CT molecular complexity index is 473. The Morgan fingerprint density at radius 3 is 2.55 bits per heavy atom. The Labute approximate surface area is 122 Å². The van der Waals surface area contributed by atoms with Gasteiger partial charge in [-0.2, -0.15) is 0 Å². The molecule has 1 aliphatic heterocycles. The van der Waals surface area contributed by atoms with Crippen LogP contribution in [0, 0.1) is 0 Å². The van der Waals surface area contributed by atoms with Crippen LogP contribution in [0.5, 0.6) is 0 Å². The molecule has 0 radical (unpaired) electrons. The van der Waals surface area contributed by atoms with E-state index in [1.165, 1.54) is 55.5 Å². The molecule has 0 atom stereocenters. The number of benzene rings is 1. The molecule has 0 bridgehead atoms. The maximum Gasteiger partial charge on any atom is 0.0667 e. The standard InChI is InChI=1S/C18H24N2/c1-3-8-15(9-4-1)18(14-17-12-7-13-19-17)20-16-10-5-2-6-11-16/h1,3-4,8-9,14,16,19H,2,5-7,10-13H2/b17-14-,20-18?. The quantitative estimate of drug-likeness (QED) is 0.821. The van der Waals surface area contributed by atoms with Crippen LogP contribution in [0.15, 0.2) is 47.1 Å². The summed E-state index contributed by atoms with van der Waals surface area (Å²) in [4.78, 5) is 5.07. The topological polar surface area (TPSA) is 24.4 Å². The van der Waals surface area contributed by atoms with E-state index >= 15 is 0 Å². The van der Waals surface area contributed by atoms with Crippen LogP contribution in [0.2, 0.25) is 0 Å². The summed E-state index contributed by atoms with van der Waals surface area (Å²) in [7, 11) is 0. The highest BCUT2D eigenvalue weighted by Gasteiger charge is 2.14. The Morgan fingerprint density at radius 2 is 1.85 bits per heavy atom. The Kier molecular flexibility index (Phi) is 4.52. The van der Waals surface area contributed by atoms with Gasteiger partial charge in [0.15, 0.2) is 0 Å². The summed E-state index contributed by atoms with van der Waals surface area (Å²) in [5, 5.41) is 3.47. The molecule has 2 nitrogen and oxygen atoms in total. The second-order valence-electron chi connectivity index (χ2n) is 5.87. The number of nitrogens with one attached hydrogen (secondary N) is 1. The van der Waals surface area contributed by atoms with E-state index in [2.05, 4.69) is 41.7 Å². The number of hydrogen-bond acceptors (Lipinski definition) is 2. The van der Waals surface area contributed by atoms with Crippen molar-refractivity contribution in [3.05, 3.63) is 47.7 Å². The fraction of sp³-hybridized carbons (Fsp3) is 0.500. The van der Waals surface area contributed by atoms with Gasteiger partial charge in [0.2, 0.25) is 0 Å². The van der Waals surface area contributed by atoms with Crippen LogP contribution in [0.3, 0.4) is 0 Å². The average molecular weight is 268 g/mol. The molecular weight excluding hydrogens is 244 g/mol. The molecule has 0 spiro atoms. The van der Waals surface area contributed by atoms with Crippen molar-refractivity contribution >= 4 is 5.71 Å². The normalized spacial score (nSPS) is 23.0. The van der Waals surface area contributed by atoms with Crippen molar-refractivity contribution in [3.63, 3.8) is 0 Å². The van der Waals surface area contributed by atoms with Crippen molar-refractivity contribution in [2.45, 2.75) is 51.0 Å². The maximum absolute atomic E-state index is 5.07. The van der Waals surface area contributed by atoms with E-state index < -0.39 is 0 Å². The van der Waals surface area contributed by atoms with Gasteiger partial charge in [-0.15, -0.1) is 0 Å². The lowest BCUT2D eigenvalue weighted by molar-refractivity contribution is 0.444. The lowest BCUT2D eigenvalue weighted by atomic mass is 9.95. The summed E-state index contributed by atoms with van der Waals surface area (Å²) in [6, 6.07) is 11.2. The molecule has 1 aliphatic carbocycles. The van der Waals surface area contributed by atoms with E-state index in [1.54, 1.807) is 0 Å². The first kappa shape index (κ1) is 13.4. The lowest BCUT2D eigenvalue weighted by Crippen LogP contribution is -2.14. The summed E-state index contributed by atoms with van der Waals surface area (Å²) in [6.45, 7) is 1.11. The molecule has 2 aliphatic rings. The smallest absolute Gasteiger partial charge is 0.0667 e. The van der Waals surface area contributed by atoms with Gasteiger partial charge in [-0.1, -0.05) is 49.6 Å². The van der Waals surface area contributed by atoms with Gasteiger partial charge in [-0.25, -0.2) is 0 Å². The van der Waals surface area contributed by atoms with Crippen molar-refractivity contribution in [2.75, 3.05) is 6.54 Å². The molecule has 1 saturated heterocycles. The molecule has 0 amide bonds. The van der Waals surface area contributed by atoms with Crippen LogP contribution in [-0.4, -0.2) is 18.3 Å². The molecule has 3 rings (SSSR count). The molecule has 20 heavy (non-hydrogen) atoms. The molecule has 106 valence electrons. The Morgan fingerprint density at radius 1 is 1.05 bits per heavy atom. The predicted octanol–water partition coefficient (Wildman–Crippen LogP) is 4.08. The molecule has 1 aromatic rings. The monoisotopic (exact) mass is 268 g/mol. The third-order valence-electron chi connectivity index (χ3n) is 4.25. The van der Waals surface area contributed by atoms with Gasteiger partial charge in [0.25, 0.3) is 0 Å². The first-order valence-electron chi connectivity index (χ1n) is 7.99. The van der Waals surface area contributed by atoms with Crippen LogP contribution in [-0.2, 0) is 0 Å². The van der Waals surface area contributed by atoms with Crippen LogP contribution in [0.1, 0.15) is 50.5 Å². The molecule has 1 heterocycles. The highest BCUT2D eigenvalue weighted by Crippen LogP contribution is 2.22. The first-order chi connectivity index (χ1) is 9.92. The summed E-state index contributed by atoms with van der Waals surface area (Å²) in [6.07, 6.45) is 11.3. The van der Waals surface area contributed by atoms with Gasteiger partial charge < -0.3 is 5.32 Å². The zero-order valence-corrected chi connectivity index (χ0v) is 12.1. The van der Waals surface area contributed by atoms with E-state index in [4.69, 9.17) is 4.99 Å². The minimum atomic E-state index is 0.525. The van der Waals surface area contributed by atoms with Crippen molar-refractivity contribution in [2.24, 2.45) is 4.99 Å². The van der Waals surface area contributed by atoms with Gasteiger partial charge in [0, 0.05) is 12.2 Å². The molecule has 1 aromatic carbocycles. The van der Waals surface area contributed by atoms with Gasteiger partial charge in [0.05, 0.1) is 11.8 Å². The Balaban J connectivity index is 1.86. The van der Waals surface area contributed by atoms with Gasteiger partial charge in [-0.3, -0.25) is 4.99 Å². The summed E-state index contributed by atoms with van der Waals surface area (Å²) >= 11 is 0.